The Labute approximate surface area is 224 Å². The number of amides is 1. The Hall–Kier alpha value is -3.44. The Morgan fingerprint density at radius 1 is 1.11 bits per heavy atom. The van der Waals surface area contributed by atoms with Gasteiger partial charge in [-0.2, -0.15) is 10.4 Å². The molecule has 5 heterocycles. The number of hydrogen-bond acceptors (Lipinski definition) is 6. The molecule has 38 heavy (non-hydrogen) atoms. The minimum absolute atomic E-state index is 0.0400. The Morgan fingerprint density at radius 3 is 2.63 bits per heavy atom. The van der Waals surface area contributed by atoms with Gasteiger partial charge in [0.05, 0.1) is 23.0 Å². The van der Waals surface area contributed by atoms with Crippen molar-refractivity contribution in [1.82, 2.24) is 24.4 Å². The van der Waals surface area contributed by atoms with Crippen molar-refractivity contribution >= 4 is 17.1 Å². The first-order valence-corrected chi connectivity index (χ1v) is 14.1. The molecule has 1 saturated carbocycles. The molecule has 0 bridgehead atoms. The predicted molar refractivity (Wildman–Crippen MR) is 148 cm³/mol. The van der Waals surface area contributed by atoms with Gasteiger partial charge in [0, 0.05) is 74.8 Å². The molecule has 1 atom stereocenters. The van der Waals surface area contributed by atoms with E-state index in [2.05, 4.69) is 71.5 Å². The number of nitriles is 1. The molecule has 0 spiro atoms. The van der Waals surface area contributed by atoms with Gasteiger partial charge in [0.1, 0.15) is 0 Å². The molecular weight excluding hydrogens is 474 g/mol. The number of piperazine rings is 1. The summed E-state index contributed by atoms with van der Waals surface area (Å²) >= 11 is 0. The van der Waals surface area contributed by atoms with Crippen molar-refractivity contribution in [3.8, 4) is 17.3 Å². The van der Waals surface area contributed by atoms with Crippen LogP contribution in [-0.4, -0.2) is 75.6 Å². The highest BCUT2D eigenvalue weighted by Crippen LogP contribution is 2.35. The third-order valence-electron chi connectivity index (χ3n) is 8.82. The summed E-state index contributed by atoms with van der Waals surface area (Å²) in [4.78, 5) is 24.6. The first kappa shape index (κ1) is 24.9. The van der Waals surface area contributed by atoms with Gasteiger partial charge in [-0.05, 0) is 75.8 Å². The smallest absolute Gasteiger partial charge is 0.225 e. The topological polar surface area (TPSA) is 80.8 Å². The summed E-state index contributed by atoms with van der Waals surface area (Å²) in [5.74, 6) is 0.877. The standard InChI is InChI=1S/C30H37N7O/c1-21(2)36-9-3-4-24(19-36)23-5-6-27(32-18-23)26-16-29-28(7-8-33-37(29)20-26)34-10-12-35(13-11-34)30(38)25-14-22(15-25)17-31/h5-8,16,18,20-22,24-25H,3-4,9-15,19H2,1-2H3/t22?,24-,25?/m1/s1. The number of aromatic nitrogens is 3. The van der Waals surface area contributed by atoms with Crippen LogP contribution < -0.4 is 4.90 Å². The Morgan fingerprint density at radius 2 is 1.92 bits per heavy atom. The van der Waals surface area contributed by atoms with Crippen molar-refractivity contribution in [3.63, 3.8) is 0 Å². The molecule has 0 unspecified atom stereocenters. The zero-order valence-electron chi connectivity index (χ0n) is 22.5. The van der Waals surface area contributed by atoms with Crippen LogP contribution in [0.4, 0.5) is 5.69 Å². The molecule has 2 saturated heterocycles. The lowest BCUT2D eigenvalue weighted by Crippen LogP contribution is -2.52. The Balaban J connectivity index is 1.14. The van der Waals surface area contributed by atoms with E-state index in [-0.39, 0.29) is 17.7 Å². The quantitative estimate of drug-likeness (QED) is 0.511. The molecule has 3 aliphatic rings. The van der Waals surface area contributed by atoms with Crippen LogP contribution >= 0.6 is 0 Å². The lowest BCUT2D eigenvalue weighted by atomic mass is 9.75. The van der Waals surface area contributed by atoms with Crippen molar-refractivity contribution in [2.45, 2.75) is 51.5 Å². The highest BCUT2D eigenvalue weighted by molar-refractivity contribution is 5.81. The van der Waals surface area contributed by atoms with Gasteiger partial charge in [0.25, 0.3) is 0 Å². The van der Waals surface area contributed by atoms with E-state index >= 15 is 0 Å². The summed E-state index contributed by atoms with van der Waals surface area (Å²) in [5.41, 5.74) is 5.56. The second-order valence-electron chi connectivity index (χ2n) is 11.5. The highest BCUT2D eigenvalue weighted by atomic mass is 16.2. The Bertz CT molecular complexity index is 1330. The fourth-order valence-electron chi connectivity index (χ4n) is 6.32. The summed E-state index contributed by atoms with van der Waals surface area (Å²) in [5, 5.41) is 13.6. The van der Waals surface area contributed by atoms with Crippen molar-refractivity contribution < 1.29 is 4.79 Å². The molecule has 3 fully saturated rings. The predicted octanol–water partition coefficient (Wildman–Crippen LogP) is 4.18. The van der Waals surface area contributed by atoms with E-state index in [4.69, 9.17) is 10.2 Å². The average Bonchev–Trinajstić information content (AvgIpc) is 3.37. The van der Waals surface area contributed by atoms with Gasteiger partial charge in [-0.15, -0.1) is 0 Å². The Kier molecular flexibility index (Phi) is 6.79. The second kappa shape index (κ2) is 10.4. The van der Waals surface area contributed by atoms with Gasteiger partial charge in [0.15, 0.2) is 0 Å². The van der Waals surface area contributed by atoms with E-state index in [1.807, 2.05) is 15.6 Å². The van der Waals surface area contributed by atoms with Crippen LogP contribution in [0.25, 0.3) is 16.8 Å². The van der Waals surface area contributed by atoms with E-state index in [1.165, 1.54) is 24.9 Å². The molecule has 1 amide bonds. The van der Waals surface area contributed by atoms with Gasteiger partial charge in [-0.25, -0.2) is 4.52 Å². The maximum absolute atomic E-state index is 12.8. The number of carbonyl (C=O) groups excluding carboxylic acids is 1. The van der Waals surface area contributed by atoms with E-state index < -0.39 is 0 Å². The molecule has 3 aromatic rings. The van der Waals surface area contributed by atoms with Crippen LogP contribution in [-0.2, 0) is 4.79 Å². The van der Waals surface area contributed by atoms with E-state index in [1.54, 1.807) is 0 Å². The zero-order valence-corrected chi connectivity index (χ0v) is 22.5. The van der Waals surface area contributed by atoms with Crippen LogP contribution in [0, 0.1) is 23.2 Å². The van der Waals surface area contributed by atoms with Crippen LogP contribution in [0.3, 0.4) is 0 Å². The van der Waals surface area contributed by atoms with Gasteiger partial charge < -0.3 is 14.7 Å². The van der Waals surface area contributed by atoms with E-state index in [0.29, 0.717) is 25.0 Å². The number of likely N-dealkylation sites (tertiary alicyclic amines) is 1. The first-order valence-electron chi connectivity index (χ1n) is 14.1. The van der Waals surface area contributed by atoms with Crippen LogP contribution in [0.2, 0.25) is 0 Å². The summed E-state index contributed by atoms with van der Waals surface area (Å²) in [6.45, 7) is 9.89. The van der Waals surface area contributed by atoms with Crippen molar-refractivity contribution in [3.05, 3.63) is 48.4 Å². The van der Waals surface area contributed by atoms with Gasteiger partial charge >= 0.3 is 0 Å². The number of anilines is 1. The maximum Gasteiger partial charge on any atom is 0.225 e. The minimum atomic E-state index is 0.0400. The molecule has 0 N–H and O–H groups in total. The normalized spacial score (nSPS) is 24.4. The first-order chi connectivity index (χ1) is 18.5. The maximum atomic E-state index is 12.8. The lowest BCUT2D eigenvalue weighted by molar-refractivity contribution is -0.139. The number of nitrogens with zero attached hydrogens (tertiary/aromatic N) is 7. The fraction of sp³-hybridized carbons (Fsp3) is 0.533. The molecule has 8 nitrogen and oxygen atoms in total. The zero-order chi connectivity index (χ0) is 26.2. The van der Waals surface area contributed by atoms with Crippen molar-refractivity contribution in [2.75, 3.05) is 44.2 Å². The largest absolute Gasteiger partial charge is 0.366 e. The number of hydrogen-bond donors (Lipinski definition) is 0. The van der Waals surface area contributed by atoms with Crippen molar-refractivity contribution in [1.29, 1.82) is 5.26 Å². The van der Waals surface area contributed by atoms with Gasteiger partial charge in [-0.1, -0.05) is 6.07 Å². The minimum Gasteiger partial charge on any atom is -0.366 e. The third kappa shape index (κ3) is 4.76. The summed E-state index contributed by atoms with van der Waals surface area (Å²) in [6.07, 6.45) is 9.89. The van der Waals surface area contributed by atoms with Crippen LogP contribution in [0.15, 0.2) is 42.9 Å². The number of fused-ring (bicyclic) bond motifs is 1. The van der Waals surface area contributed by atoms with E-state index in [0.717, 1.165) is 54.9 Å². The summed E-state index contributed by atoms with van der Waals surface area (Å²) < 4.78 is 1.94. The van der Waals surface area contributed by atoms with Gasteiger partial charge in [0.2, 0.25) is 5.91 Å². The molecule has 6 rings (SSSR count). The van der Waals surface area contributed by atoms with Crippen LogP contribution in [0.5, 0.6) is 0 Å². The SMILES string of the molecule is CC(C)N1CCC[C@@H](c2ccc(-c3cc4c(N5CCN(C(=O)C6CC(C#N)C6)CC5)ccnn4c3)nc2)C1. The monoisotopic (exact) mass is 511 g/mol. The number of piperidine rings is 1. The number of carbonyl (C=O) groups is 1. The van der Waals surface area contributed by atoms with Crippen LogP contribution in [0.1, 0.15) is 51.0 Å². The van der Waals surface area contributed by atoms with Gasteiger partial charge in [-0.3, -0.25) is 9.78 Å². The molecule has 0 aromatic carbocycles. The van der Waals surface area contributed by atoms with E-state index in [9.17, 15) is 4.79 Å². The number of rotatable bonds is 5. The molecule has 0 radical (unpaired) electrons. The molecule has 3 aromatic heterocycles. The highest BCUT2D eigenvalue weighted by Gasteiger charge is 2.37. The summed E-state index contributed by atoms with van der Waals surface area (Å²) in [7, 11) is 0. The number of pyridine rings is 1. The third-order valence-corrected chi connectivity index (χ3v) is 8.82. The molecular formula is C30H37N7O. The fourth-order valence-corrected chi connectivity index (χ4v) is 6.32. The molecule has 2 aliphatic heterocycles. The second-order valence-corrected chi connectivity index (χ2v) is 11.5. The molecule has 198 valence electrons. The average molecular weight is 512 g/mol. The lowest BCUT2D eigenvalue weighted by Gasteiger charge is -2.40. The summed E-state index contributed by atoms with van der Waals surface area (Å²) in [6, 6.07) is 11.5. The molecule has 1 aliphatic carbocycles. The van der Waals surface area contributed by atoms with Crippen molar-refractivity contribution in [2.24, 2.45) is 11.8 Å². The molecule has 8 heteroatoms.